The summed E-state index contributed by atoms with van der Waals surface area (Å²) in [5.41, 5.74) is 2.41. The summed E-state index contributed by atoms with van der Waals surface area (Å²) in [4.78, 5) is 16.4. The highest BCUT2D eigenvalue weighted by atomic mass is 35.5. The Bertz CT molecular complexity index is 709. The van der Waals surface area contributed by atoms with E-state index in [0.29, 0.717) is 18.1 Å². The van der Waals surface area contributed by atoms with E-state index in [0.717, 1.165) is 18.8 Å². The molecule has 1 saturated heterocycles. The van der Waals surface area contributed by atoms with Gasteiger partial charge in [-0.05, 0) is 37.3 Å². The van der Waals surface area contributed by atoms with Gasteiger partial charge >= 0.3 is 0 Å². The average molecular weight is 333 g/mol. The molecule has 3 nitrogen and oxygen atoms in total. The first-order valence-corrected chi connectivity index (χ1v) is 7.98. The Labute approximate surface area is 140 Å². The molecule has 2 aromatic rings. The van der Waals surface area contributed by atoms with Crippen LogP contribution in [-0.4, -0.2) is 37.0 Å². The Hall–Kier alpha value is -2.07. The molecule has 0 N–H and O–H groups in total. The fourth-order valence-corrected chi connectivity index (χ4v) is 2.93. The van der Waals surface area contributed by atoms with E-state index >= 15 is 0 Å². The van der Waals surface area contributed by atoms with Gasteiger partial charge in [0.05, 0.1) is 5.56 Å². The second-order valence-corrected chi connectivity index (χ2v) is 6.18. The van der Waals surface area contributed by atoms with Crippen LogP contribution in [0.3, 0.4) is 0 Å². The number of halogens is 2. The molecule has 0 spiro atoms. The number of hydrogen-bond acceptors (Lipinski definition) is 2. The highest BCUT2D eigenvalue weighted by molar-refractivity contribution is 6.31. The van der Waals surface area contributed by atoms with Crippen molar-refractivity contribution in [1.82, 2.24) is 4.90 Å². The lowest BCUT2D eigenvalue weighted by Crippen LogP contribution is -2.49. The topological polar surface area (TPSA) is 23.6 Å². The Morgan fingerprint density at radius 1 is 1.04 bits per heavy atom. The zero-order valence-corrected chi connectivity index (χ0v) is 13.7. The number of hydrogen-bond donors (Lipinski definition) is 0. The summed E-state index contributed by atoms with van der Waals surface area (Å²) < 4.78 is 13.8. The zero-order chi connectivity index (χ0) is 16.4. The Kier molecular flexibility index (Phi) is 4.53. The van der Waals surface area contributed by atoms with Gasteiger partial charge in [0.15, 0.2) is 0 Å². The summed E-state index contributed by atoms with van der Waals surface area (Å²) >= 11 is 5.87. The van der Waals surface area contributed by atoms with Crippen LogP contribution in [0.1, 0.15) is 15.9 Å². The van der Waals surface area contributed by atoms with Crippen LogP contribution in [-0.2, 0) is 0 Å². The van der Waals surface area contributed by atoms with E-state index < -0.39 is 5.82 Å². The number of aryl methyl sites for hydroxylation is 1. The zero-order valence-electron chi connectivity index (χ0n) is 12.9. The Balaban J connectivity index is 1.67. The maximum atomic E-state index is 13.8. The minimum atomic E-state index is -0.527. The minimum Gasteiger partial charge on any atom is -0.368 e. The number of piperazine rings is 1. The molecule has 1 aliphatic rings. The third-order valence-electron chi connectivity index (χ3n) is 4.12. The molecule has 5 heteroatoms. The van der Waals surface area contributed by atoms with Crippen molar-refractivity contribution in [2.24, 2.45) is 0 Å². The third kappa shape index (κ3) is 3.48. The first kappa shape index (κ1) is 15.8. The van der Waals surface area contributed by atoms with Crippen molar-refractivity contribution >= 4 is 23.2 Å². The molecule has 0 bridgehead atoms. The molecule has 0 unspecified atom stereocenters. The molecule has 23 heavy (non-hydrogen) atoms. The highest BCUT2D eigenvalue weighted by Gasteiger charge is 2.24. The van der Waals surface area contributed by atoms with Crippen molar-refractivity contribution in [3.05, 3.63) is 64.4 Å². The Morgan fingerprint density at radius 2 is 1.70 bits per heavy atom. The van der Waals surface area contributed by atoms with Gasteiger partial charge in [0.1, 0.15) is 5.82 Å². The molecular weight excluding hydrogens is 315 g/mol. The van der Waals surface area contributed by atoms with E-state index in [4.69, 9.17) is 11.6 Å². The van der Waals surface area contributed by atoms with Crippen LogP contribution in [0.5, 0.6) is 0 Å². The van der Waals surface area contributed by atoms with Gasteiger partial charge < -0.3 is 9.80 Å². The summed E-state index contributed by atoms with van der Waals surface area (Å²) in [6.45, 7) is 4.66. The molecular formula is C18H18ClFN2O. The number of rotatable bonds is 2. The fraction of sp³-hybridized carbons (Fsp3) is 0.278. The quantitative estimate of drug-likeness (QED) is 0.836. The third-order valence-corrected chi connectivity index (χ3v) is 4.36. The van der Waals surface area contributed by atoms with Crippen LogP contribution >= 0.6 is 11.6 Å². The van der Waals surface area contributed by atoms with Gasteiger partial charge in [0.25, 0.3) is 5.91 Å². The first-order chi connectivity index (χ1) is 11.0. The van der Waals surface area contributed by atoms with E-state index in [9.17, 15) is 9.18 Å². The van der Waals surface area contributed by atoms with Crippen molar-refractivity contribution in [1.29, 1.82) is 0 Å². The number of amides is 1. The van der Waals surface area contributed by atoms with Gasteiger partial charge in [0.2, 0.25) is 0 Å². The number of carbonyl (C=O) groups is 1. The fourth-order valence-electron chi connectivity index (χ4n) is 2.76. The van der Waals surface area contributed by atoms with E-state index in [2.05, 4.69) is 36.1 Å². The molecule has 1 aliphatic heterocycles. The molecule has 120 valence electrons. The molecule has 1 amide bonds. The predicted octanol–water partition coefficient (Wildman–Crippen LogP) is 3.75. The second-order valence-electron chi connectivity index (χ2n) is 5.74. The largest absolute Gasteiger partial charge is 0.368 e. The first-order valence-electron chi connectivity index (χ1n) is 7.60. The summed E-state index contributed by atoms with van der Waals surface area (Å²) in [7, 11) is 0. The van der Waals surface area contributed by atoms with Gasteiger partial charge in [-0.3, -0.25) is 4.79 Å². The smallest absolute Gasteiger partial charge is 0.257 e. The summed E-state index contributed by atoms with van der Waals surface area (Å²) in [5.74, 6) is -0.825. The van der Waals surface area contributed by atoms with Crippen LogP contribution in [0.25, 0.3) is 0 Å². The second kappa shape index (κ2) is 6.59. The average Bonchev–Trinajstić information content (AvgIpc) is 2.57. The molecule has 3 rings (SSSR count). The molecule has 0 aliphatic carbocycles. The van der Waals surface area contributed by atoms with Crippen LogP contribution in [0.2, 0.25) is 5.02 Å². The molecule has 0 saturated carbocycles. The van der Waals surface area contributed by atoms with E-state index in [1.54, 1.807) is 4.90 Å². The normalized spacial score (nSPS) is 14.9. The van der Waals surface area contributed by atoms with Gasteiger partial charge in [-0.15, -0.1) is 0 Å². The maximum absolute atomic E-state index is 13.8. The summed E-state index contributed by atoms with van der Waals surface area (Å²) in [6, 6.07) is 12.4. The van der Waals surface area contributed by atoms with E-state index in [-0.39, 0.29) is 11.5 Å². The van der Waals surface area contributed by atoms with Gasteiger partial charge in [-0.1, -0.05) is 29.3 Å². The molecule has 0 aromatic heterocycles. The minimum absolute atomic E-state index is 0.0429. The highest BCUT2D eigenvalue weighted by Crippen LogP contribution is 2.20. The lowest BCUT2D eigenvalue weighted by molar-refractivity contribution is 0.0742. The number of carbonyl (C=O) groups excluding carboxylic acids is 1. The summed E-state index contributed by atoms with van der Waals surface area (Å²) in [6.07, 6.45) is 0. The van der Waals surface area contributed by atoms with E-state index in [1.165, 1.54) is 23.8 Å². The van der Waals surface area contributed by atoms with Crippen molar-refractivity contribution in [2.75, 3.05) is 31.1 Å². The molecule has 0 radical (unpaired) electrons. The predicted molar refractivity (Wildman–Crippen MR) is 90.7 cm³/mol. The lowest BCUT2D eigenvalue weighted by atomic mass is 10.1. The molecule has 2 aromatic carbocycles. The Morgan fingerprint density at radius 3 is 2.35 bits per heavy atom. The SMILES string of the molecule is Cc1ccc(N2CCN(C(=O)c3cc(Cl)ccc3F)CC2)cc1. The van der Waals surface area contributed by atoms with Gasteiger partial charge in [-0.2, -0.15) is 0 Å². The standard InChI is InChI=1S/C18H18ClFN2O/c1-13-2-5-15(6-3-13)21-8-10-22(11-9-21)18(23)16-12-14(19)4-7-17(16)20/h2-7,12H,8-11H2,1H3. The lowest BCUT2D eigenvalue weighted by Gasteiger charge is -2.36. The number of benzene rings is 2. The molecule has 1 fully saturated rings. The molecule has 0 atom stereocenters. The van der Waals surface area contributed by atoms with Crippen LogP contribution in [0.4, 0.5) is 10.1 Å². The van der Waals surface area contributed by atoms with Gasteiger partial charge in [0, 0.05) is 36.9 Å². The maximum Gasteiger partial charge on any atom is 0.257 e. The monoisotopic (exact) mass is 332 g/mol. The van der Waals surface area contributed by atoms with Crippen LogP contribution < -0.4 is 4.90 Å². The summed E-state index contributed by atoms with van der Waals surface area (Å²) in [5, 5.41) is 0.369. The van der Waals surface area contributed by atoms with E-state index in [1.807, 2.05) is 0 Å². The van der Waals surface area contributed by atoms with Crippen molar-refractivity contribution < 1.29 is 9.18 Å². The van der Waals surface area contributed by atoms with Crippen molar-refractivity contribution in [3.8, 4) is 0 Å². The number of nitrogens with zero attached hydrogens (tertiary/aromatic N) is 2. The van der Waals surface area contributed by atoms with Crippen molar-refractivity contribution in [3.63, 3.8) is 0 Å². The van der Waals surface area contributed by atoms with Gasteiger partial charge in [-0.25, -0.2) is 4.39 Å². The van der Waals surface area contributed by atoms with Crippen molar-refractivity contribution in [2.45, 2.75) is 6.92 Å². The molecule has 1 heterocycles. The van der Waals surface area contributed by atoms with Crippen LogP contribution in [0, 0.1) is 12.7 Å². The number of anilines is 1. The van der Waals surface area contributed by atoms with Crippen LogP contribution in [0.15, 0.2) is 42.5 Å².